The van der Waals surface area contributed by atoms with Gasteiger partial charge in [-0.1, -0.05) is 78.9 Å². The van der Waals surface area contributed by atoms with Crippen LogP contribution in [0.1, 0.15) is 16.7 Å². The molecule has 7 heteroatoms. The Kier molecular flexibility index (Phi) is 6.39. The molecule has 32 heavy (non-hydrogen) atoms. The summed E-state index contributed by atoms with van der Waals surface area (Å²) in [4.78, 5) is 26.2. The Labute approximate surface area is 189 Å². The van der Waals surface area contributed by atoms with Crippen molar-refractivity contribution >= 4 is 23.1 Å². The number of carboxylic acids is 1. The fourth-order valence-electron chi connectivity index (χ4n) is 3.69. The highest BCUT2D eigenvalue weighted by Crippen LogP contribution is 2.42. The third-order valence-corrected chi connectivity index (χ3v) is 5.66. The first kappa shape index (κ1) is 21.4. The first-order chi connectivity index (χ1) is 15.6. The van der Waals surface area contributed by atoms with Crippen LogP contribution in [0.4, 0.5) is 0 Å². The van der Waals surface area contributed by atoms with E-state index in [1.807, 2.05) is 90.3 Å². The van der Waals surface area contributed by atoms with Crippen molar-refractivity contribution in [3.05, 3.63) is 113 Å². The molecule has 2 N–H and O–H groups in total. The number of thiazole rings is 1. The van der Waals surface area contributed by atoms with Gasteiger partial charge in [-0.25, -0.2) is 20.3 Å². The molecule has 0 bridgehead atoms. The zero-order valence-corrected chi connectivity index (χ0v) is 18.1. The highest BCUT2D eigenvalue weighted by atomic mass is 32.1. The van der Waals surface area contributed by atoms with Gasteiger partial charge in [-0.15, -0.1) is 11.3 Å². The highest BCUT2D eigenvalue weighted by Gasteiger charge is 2.38. The van der Waals surface area contributed by atoms with Crippen LogP contribution in [0.3, 0.4) is 0 Å². The molecule has 4 aromatic rings. The molecular weight excluding hydrogens is 422 g/mol. The predicted molar refractivity (Wildman–Crippen MR) is 126 cm³/mol. The molecule has 0 spiro atoms. The van der Waals surface area contributed by atoms with Crippen molar-refractivity contribution in [2.45, 2.75) is 5.54 Å². The number of benzene rings is 3. The minimum Gasteiger partial charge on any atom is -0.475 e. The number of hydrogen-bond acceptors (Lipinski definition) is 5. The van der Waals surface area contributed by atoms with Crippen LogP contribution >= 0.6 is 11.3 Å². The van der Waals surface area contributed by atoms with Crippen molar-refractivity contribution in [3.63, 3.8) is 0 Å². The van der Waals surface area contributed by atoms with E-state index in [2.05, 4.69) is 10.5 Å². The summed E-state index contributed by atoms with van der Waals surface area (Å²) in [6.45, 7) is 0. The van der Waals surface area contributed by atoms with Crippen molar-refractivity contribution in [1.82, 2.24) is 10.5 Å². The number of hydroxylamine groups is 1. The molecule has 0 saturated carbocycles. The number of nitrogens with zero attached hydrogens (tertiary/aromatic N) is 2. The third kappa shape index (κ3) is 4.16. The Morgan fingerprint density at radius 2 is 1.59 bits per heavy atom. The van der Waals surface area contributed by atoms with Crippen LogP contribution in [0.15, 0.2) is 101 Å². The van der Waals surface area contributed by atoms with E-state index in [0.29, 0.717) is 0 Å². The van der Waals surface area contributed by atoms with E-state index in [1.165, 1.54) is 18.4 Å². The second-order valence-electron chi connectivity index (χ2n) is 6.97. The molecule has 0 fully saturated rings. The molecular formula is C25H21N3O3S. The normalized spacial score (nSPS) is 11.8. The molecule has 0 radical (unpaired) electrons. The average molecular weight is 444 g/mol. The summed E-state index contributed by atoms with van der Waals surface area (Å²) in [6.07, 6.45) is 0. The maximum Gasteiger partial charge on any atom is 0.373 e. The van der Waals surface area contributed by atoms with Gasteiger partial charge in [0.25, 0.3) is 0 Å². The van der Waals surface area contributed by atoms with Crippen molar-refractivity contribution < 1.29 is 14.7 Å². The molecule has 0 saturated heterocycles. The number of carbonyl (C=O) groups is 1. The van der Waals surface area contributed by atoms with E-state index in [9.17, 15) is 9.90 Å². The number of nitrogens with one attached hydrogen (secondary N) is 1. The average Bonchev–Trinajstić information content (AvgIpc) is 3.38. The van der Waals surface area contributed by atoms with Crippen LogP contribution in [0.5, 0.6) is 0 Å². The Hall–Kier alpha value is -3.81. The molecule has 0 aliphatic heterocycles. The lowest BCUT2D eigenvalue weighted by Gasteiger charge is -2.33. The molecule has 160 valence electrons. The quantitative estimate of drug-likeness (QED) is 0.195. The first-order valence-corrected chi connectivity index (χ1v) is 10.8. The summed E-state index contributed by atoms with van der Waals surface area (Å²) in [5.74, 6) is -1.53. The molecule has 1 aromatic heterocycles. The molecule has 1 heterocycles. The first-order valence-electron chi connectivity index (χ1n) is 9.87. The van der Waals surface area contributed by atoms with E-state index < -0.39 is 11.5 Å². The molecule has 3 aromatic carbocycles. The Bertz CT molecular complexity index is 1170. The minimum atomic E-state index is -1.22. The monoisotopic (exact) mass is 443 g/mol. The second-order valence-corrected chi connectivity index (χ2v) is 7.69. The molecule has 4 rings (SSSR count). The molecule has 0 amide bonds. The maximum absolute atomic E-state index is 12.0. The number of carboxylic acid groups (broad SMARTS) is 1. The zero-order chi connectivity index (χ0) is 22.4. The number of rotatable bonds is 6. The predicted octanol–water partition coefficient (Wildman–Crippen LogP) is 4.74. The van der Waals surface area contributed by atoms with Crippen LogP contribution in [0, 0.1) is 0 Å². The molecule has 0 aliphatic carbocycles. The van der Waals surface area contributed by atoms with Crippen molar-refractivity contribution in [1.29, 1.82) is 0 Å². The molecule has 6 nitrogen and oxygen atoms in total. The smallest absolute Gasteiger partial charge is 0.373 e. The van der Waals surface area contributed by atoms with E-state index in [1.54, 1.807) is 5.51 Å². The second kappa shape index (κ2) is 9.55. The van der Waals surface area contributed by atoms with Crippen LogP contribution in [0.25, 0.3) is 11.3 Å². The lowest BCUT2D eigenvalue weighted by atomic mass is 9.77. The van der Waals surface area contributed by atoms with Gasteiger partial charge < -0.3 is 5.11 Å². The molecule has 0 aliphatic rings. The number of aromatic nitrogens is 1. The number of amidine groups is 1. The van der Waals surface area contributed by atoms with Crippen LogP contribution in [0.2, 0.25) is 0 Å². The number of aliphatic imine (C=N–C) groups is 1. The van der Waals surface area contributed by atoms with E-state index in [0.717, 1.165) is 27.9 Å². The Morgan fingerprint density at radius 1 is 0.969 bits per heavy atom. The van der Waals surface area contributed by atoms with Gasteiger partial charge in [-0.3, -0.25) is 4.84 Å². The summed E-state index contributed by atoms with van der Waals surface area (Å²) in [6, 6.07) is 27.1. The van der Waals surface area contributed by atoms with Gasteiger partial charge in [0, 0.05) is 10.9 Å². The summed E-state index contributed by atoms with van der Waals surface area (Å²) in [5.41, 5.74) is 7.28. The Morgan fingerprint density at radius 3 is 2.12 bits per heavy atom. The van der Waals surface area contributed by atoms with Crippen LogP contribution in [-0.2, 0) is 15.2 Å². The van der Waals surface area contributed by atoms with Crippen LogP contribution < -0.4 is 5.48 Å². The fourth-order valence-corrected chi connectivity index (χ4v) is 4.25. The van der Waals surface area contributed by atoms with Crippen LogP contribution in [-0.4, -0.2) is 29.0 Å². The van der Waals surface area contributed by atoms with Gasteiger partial charge in [0.2, 0.25) is 5.84 Å². The minimum absolute atomic E-state index is 0.306. The number of hydrogen-bond donors (Lipinski definition) is 2. The maximum atomic E-state index is 12.0. The largest absolute Gasteiger partial charge is 0.475 e. The topological polar surface area (TPSA) is 83.8 Å². The van der Waals surface area contributed by atoms with Crippen molar-refractivity contribution in [3.8, 4) is 11.3 Å². The van der Waals surface area contributed by atoms with E-state index >= 15 is 0 Å². The number of aliphatic carboxylic acids is 1. The van der Waals surface area contributed by atoms with Crippen molar-refractivity contribution in [2.24, 2.45) is 4.99 Å². The van der Waals surface area contributed by atoms with E-state index in [4.69, 9.17) is 9.83 Å². The van der Waals surface area contributed by atoms with Crippen molar-refractivity contribution in [2.75, 3.05) is 7.11 Å². The SMILES string of the molecule is CONC(=NC(c1ccccc1)(c1ccccc1)c1cccc(-c2cscn2)c1)C(=O)O. The standard InChI is InChI=1S/C25H21N3O3S/c1-31-28-23(24(29)30)27-25(19-10-4-2-5-11-19,20-12-6-3-7-13-20)21-14-8-9-18(15-21)22-16-32-17-26-22/h2-17H,1H3,(H,27,28)(H,29,30). The summed E-state index contributed by atoms with van der Waals surface area (Å²) < 4.78 is 0. The van der Waals surface area contributed by atoms with Gasteiger partial charge in [-0.05, 0) is 22.8 Å². The summed E-state index contributed by atoms with van der Waals surface area (Å²) in [5, 5.41) is 11.8. The lowest BCUT2D eigenvalue weighted by Crippen LogP contribution is -2.36. The van der Waals surface area contributed by atoms with Gasteiger partial charge in [0.1, 0.15) is 5.54 Å². The van der Waals surface area contributed by atoms with Gasteiger partial charge >= 0.3 is 5.97 Å². The fraction of sp³-hybridized carbons (Fsp3) is 0.0800. The van der Waals surface area contributed by atoms with Gasteiger partial charge in [-0.2, -0.15) is 0 Å². The molecule has 0 atom stereocenters. The summed E-state index contributed by atoms with van der Waals surface area (Å²) in [7, 11) is 1.36. The zero-order valence-electron chi connectivity index (χ0n) is 17.3. The van der Waals surface area contributed by atoms with Gasteiger partial charge in [0.05, 0.1) is 18.3 Å². The van der Waals surface area contributed by atoms with E-state index in [-0.39, 0.29) is 5.84 Å². The third-order valence-electron chi connectivity index (χ3n) is 5.07. The lowest BCUT2D eigenvalue weighted by molar-refractivity contribution is -0.130. The highest BCUT2D eigenvalue weighted by molar-refractivity contribution is 7.07. The summed E-state index contributed by atoms with van der Waals surface area (Å²) >= 11 is 1.52. The molecule has 0 unspecified atom stereocenters. The Balaban J connectivity index is 2.07. The van der Waals surface area contributed by atoms with Gasteiger partial charge in [0.15, 0.2) is 0 Å².